The molecule has 0 aliphatic heterocycles. The first-order valence-electron chi connectivity index (χ1n) is 4.75. The lowest BCUT2D eigenvalue weighted by Gasteiger charge is -2.12. The minimum atomic E-state index is 0.667. The summed E-state index contributed by atoms with van der Waals surface area (Å²) < 4.78 is 0. The van der Waals surface area contributed by atoms with Gasteiger partial charge < -0.3 is 0 Å². The minimum Gasteiger partial charge on any atom is -0.123 e. The first-order valence-corrected chi connectivity index (χ1v) is 5.63. The second kappa shape index (κ2) is 4.19. The summed E-state index contributed by atoms with van der Waals surface area (Å²) in [5, 5.41) is 0.667. The zero-order chi connectivity index (χ0) is 10.0. The van der Waals surface area contributed by atoms with E-state index in [0.29, 0.717) is 5.25 Å². The maximum absolute atomic E-state index is 2.26. The van der Waals surface area contributed by atoms with E-state index in [-0.39, 0.29) is 0 Å². The predicted octanol–water partition coefficient (Wildman–Crippen LogP) is 4.11. The van der Waals surface area contributed by atoms with Crippen LogP contribution in [0.4, 0.5) is 0 Å². The molecule has 0 fully saturated rings. The molecular formula is C12H18S. The van der Waals surface area contributed by atoms with Crippen LogP contribution in [0.15, 0.2) is 17.0 Å². The van der Waals surface area contributed by atoms with Gasteiger partial charge in [-0.25, -0.2) is 0 Å². The monoisotopic (exact) mass is 194 g/mol. The number of hydrogen-bond acceptors (Lipinski definition) is 1. The molecule has 0 N–H and O–H groups in total. The third kappa shape index (κ3) is 2.77. The number of aryl methyl sites for hydroxylation is 3. The van der Waals surface area contributed by atoms with E-state index in [1.807, 2.05) is 11.8 Å². The van der Waals surface area contributed by atoms with Crippen LogP contribution in [0.2, 0.25) is 0 Å². The summed E-state index contributed by atoms with van der Waals surface area (Å²) in [5.41, 5.74) is 4.19. The smallest absolute Gasteiger partial charge is 0.0133 e. The quantitative estimate of drug-likeness (QED) is 0.638. The Balaban J connectivity index is 3.06. The lowest BCUT2D eigenvalue weighted by Crippen LogP contribution is -1.92. The molecule has 1 aromatic rings. The highest BCUT2D eigenvalue weighted by Crippen LogP contribution is 2.30. The van der Waals surface area contributed by atoms with Crippen LogP contribution in [-0.2, 0) is 0 Å². The Bertz CT molecular complexity index is 277. The molecule has 0 aliphatic rings. The third-order valence-electron chi connectivity index (χ3n) is 1.96. The van der Waals surface area contributed by atoms with E-state index in [1.165, 1.54) is 21.6 Å². The van der Waals surface area contributed by atoms with Crippen molar-refractivity contribution in [2.24, 2.45) is 0 Å². The average molecular weight is 194 g/mol. The summed E-state index contributed by atoms with van der Waals surface area (Å²) in [6.45, 7) is 11.0. The maximum Gasteiger partial charge on any atom is 0.0133 e. The normalized spacial score (nSPS) is 10.9. The summed E-state index contributed by atoms with van der Waals surface area (Å²) in [6.07, 6.45) is 0. The number of rotatable bonds is 2. The number of benzene rings is 1. The molecule has 0 saturated heterocycles. The zero-order valence-corrected chi connectivity index (χ0v) is 9.96. The van der Waals surface area contributed by atoms with Gasteiger partial charge in [-0.3, -0.25) is 0 Å². The van der Waals surface area contributed by atoms with Gasteiger partial charge in [-0.15, -0.1) is 11.8 Å². The molecule has 72 valence electrons. The SMILES string of the molecule is Cc1cc(C)c(SC(C)C)c(C)c1. The minimum absolute atomic E-state index is 0.667. The number of thioether (sulfide) groups is 1. The summed E-state index contributed by atoms with van der Waals surface area (Å²) in [7, 11) is 0. The van der Waals surface area contributed by atoms with Crippen molar-refractivity contribution in [3.8, 4) is 0 Å². The van der Waals surface area contributed by atoms with Crippen molar-refractivity contribution in [2.75, 3.05) is 0 Å². The van der Waals surface area contributed by atoms with E-state index in [0.717, 1.165) is 0 Å². The highest BCUT2D eigenvalue weighted by Gasteiger charge is 2.05. The first kappa shape index (κ1) is 10.6. The molecule has 1 rings (SSSR count). The van der Waals surface area contributed by atoms with Gasteiger partial charge in [0.05, 0.1) is 0 Å². The highest BCUT2D eigenvalue weighted by atomic mass is 32.2. The molecule has 0 spiro atoms. The van der Waals surface area contributed by atoms with Crippen molar-refractivity contribution in [1.82, 2.24) is 0 Å². The van der Waals surface area contributed by atoms with Crippen molar-refractivity contribution < 1.29 is 0 Å². The van der Waals surface area contributed by atoms with Crippen LogP contribution in [0.5, 0.6) is 0 Å². The lowest BCUT2D eigenvalue weighted by atomic mass is 10.1. The van der Waals surface area contributed by atoms with Crippen molar-refractivity contribution in [3.05, 3.63) is 28.8 Å². The van der Waals surface area contributed by atoms with Crippen LogP contribution in [-0.4, -0.2) is 5.25 Å². The molecule has 0 unspecified atom stereocenters. The Morgan fingerprint density at radius 3 is 1.85 bits per heavy atom. The van der Waals surface area contributed by atoms with Crippen molar-refractivity contribution in [1.29, 1.82) is 0 Å². The van der Waals surface area contributed by atoms with Gasteiger partial charge in [0.15, 0.2) is 0 Å². The molecule has 0 nitrogen and oxygen atoms in total. The molecule has 0 amide bonds. The summed E-state index contributed by atoms with van der Waals surface area (Å²) >= 11 is 1.96. The maximum atomic E-state index is 2.26. The molecule has 0 aliphatic carbocycles. The molecule has 0 heterocycles. The molecule has 0 bridgehead atoms. The van der Waals surface area contributed by atoms with E-state index >= 15 is 0 Å². The molecule has 13 heavy (non-hydrogen) atoms. The van der Waals surface area contributed by atoms with Gasteiger partial charge in [-0.2, -0.15) is 0 Å². The molecule has 1 heteroatoms. The molecule has 0 atom stereocenters. The topological polar surface area (TPSA) is 0 Å². The molecular weight excluding hydrogens is 176 g/mol. The molecule has 0 radical (unpaired) electrons. The van der Waals surface area contributed by atoms with Gasteiger partial charge in [0.1, 0.15) is 0 Å². The fourth-order valence-electron chi connectivity index (χ4n) is 1.59. The Labute approximate surface area is 85.7 Å². The van der Waals surface area contributed by atoms with Gasteiger partial charge >= 0.3 is 0 Å². The largest absolute Gasteiger partial charge is 0.123 e. The molecule has 0 saturated carbocycles. The Hall–Kier alpha value is -0.430. The molecule has 1 aromatic carbocycles. The van der Waals surface area contributed by atoms with Crippen LogP contribution in [0.1, 0.15) is 30.5 Å². The van der Waals surface area contributed by atoms with E-state index in [4.69, 9.17) is 0 Å². The van der Waals surface area contributed by atoms with Crippen LogP contribution in [0, 0.1) is 20.8 Å². The van der Waals surface area contributed by atoms with Gasteiger partial charge in [0, 0.05) is 10.1 Å². The van der Waals surface area contributed by atoms with E-state index in [2.05, 4.69) is 46.8 Å². The molecule has 0 aromatic heterocycles. The van der Waals surface area contributed by atoms with Crippen molar-refractivity contribution >= 4 is 11.8 Å². The van der Waals surface area contributed by atoms with Gasteiger partial charge in [-0.1, -0.05) is 31.5 Å². The predicted molar refractivity (Wildman–Crippen MR) is 61.6 cm³/mol. The fraction of sp³-hybridized carbons (Fsp3) is 0.500. The average Bonchev–Trinajstić information content (AvgIpc) is 1.96. The van der Waals surface area contributed by atoms with Crippen molar-refractivity contribution in [2.45, 2.75) is 44.8 Å². The standard InChI is InChI=1S/C12H18S/c1-8(2)13-12-10(4)6-9(3)7-11(12)5/h6-8H,1-5H3. The van der Waals surface area contributed by atoms with Crippen LogP contribution in [0.3, 0.4) is 0 Å². The summed E-state index contributed by atoms with van der Waals surface area (Å²) in [6, 6.07) is 4.52. The number of hydrogen-bond donors (Lipinski definition) is 0. The van der Waals surface area contributed by atoms with Crippen LogP contribution < -0.4 is 0 Å². The Morgan fingerprint density at radius 2 is 1.46 bits per heavy atom. The summed E-state index contributed by atoms with van der Waals surface area (Å²) in [5.74, 6) is 0. The van der Waals surface area contributed by atoms with Gasteiger partial charge in [0.25, 0.3) is 0 Å². The second-order valence-corrected chi connectivity index (χ2v) is 5.48. The van der Waals surface area contributed by atoms with Gasteiger partial charge in [-0.05, 0) is 31.9 Å². The van der Waals surface area contributed by atoms with Crippen LogP contribution in [0.25, 0.3) is 0 Å². The Morgan fingerprint density at radius 1 is 1.00 bits per heavy atom. The lowest BCUT2D eigenvalue weighted by molar-refractivity contribution is 1.09. The first-order chi connectivity index (χ1) is 6.00. The Kier molecular flexibility index (Phi) is 3.43. The zero-order valence-electron chi connectivity index (χ0n) is 9.14. The van der Waals surface area contributed by atoms with Crippen LogP contribution >= 0.6 is 11.8 Å². The summed E-state index contributed by atoms with van der Waals surface area (Å²) in [4.78, 5) is 1.46. The van der Waals surface area contributed by atoms with E-state index < -0.39 is 0 Å². The van der Waals surface area contributed by atoms with E-state index in [9.17, 15) is 0 Å². The van der Waals surface area contributed by atoms with Crippen molar-refractivity contribution in [3.63, 3.8) is 0 Å². The van der Waals surface area contributed by atoms with E-state index in [1.54, 1.807) is 0 Å². The fourth-order valence-corrected chi connectivity index (χ4v) is 2.55. The third-order valence-corrected chi connectivity index (χ3v) is 3.31. The van der Waals surface area contributed by atoms with Gasteiger partial charge in [0.2, 0.25) is 0 Å². The highest BCUT2D eigenvalue weighted by molar-refractivity contribution is 8.00. The second-order valence-electron chi connectivity index (χ2n) is 3.89.